The number of fused-ring (bicyclic) bond motifs is 1. The third-order valence-electron chi connectivity index (χ3n) is 3.66. The number of carbonyl (C=O) groups is 1. The maximum atomic E-state index is 12.6. The zero-order chi connectivity index (χ0) is 15.0. The number of nitrogens with zero attached hydrogens (tertiary/aromatic N) is 1. The number of carbonyl (C=O) groups excluding carboxylic acids is 1. The van der Waals surface area contributed by atoms with Gasteiger partial charge in [-0.25, -0.2) is 0 Å². The SMILES string of the molecule is Nc1cc(Br)cc(C(=O)N2CCc3ccc(O)cc3C2)c1. The first kappa shape index (κ1) is 13.9. The Labute approximate surface area is 131 Å². The lowest BCUT2D eigenvalue weighted by molar-refractivity contribution is 0.0734. The number of halogens is 1. The summed E-state index contributed by atoms with van der Waals surface area (Å²) in [5.41, 5.74) is 9.11. The minimum atomic E-state index is -0.0445. The maximum Gasteiger partial charge on any atom is 0.254 e. The maximum absolute atomic E-state index is 12.6. The number of benzene rings is 2. The number of nitrogen functional groups attached to an aromatic ring is 1. The zero-order valence-electron chi connectivity index (χ0n) is 11.3. The molecule has 2 aromatic carbocycles. The van der Waals surface area contributed by atoms with Gasteiger partial charge < -0.3 is 15.7 Å². The lowest BCUT2D eigenvalue weighted by Crippen LogP contribution is -2.35. The largest absolute Gasteiger partial charge is 0.508 e. The molecule has 2 aromatic rings. The van der Waals surface area contributed by atoms with Gasteiger partial charge in [0.25, 0.3) is 5.91 Å². The Balaban J connectivity index is 1.86. The molecule has 0 bridgehead atoms. The molecule has 0 radical (unpaired) electrons. The molecule has 0 unspecified atom stereocenters. The Hall–Kier alpha value is -2.01. The molecule has 3 N–H and O–H groups in total. The van der Waals surface area contributed by atoms with E-state index < -0.39 is 0 Å². The van der Waals surface area contributed by atoms with Crippen LogP contribution in [0.1, 0.15) is 21.5 Å². The highest BCUT2D eigenvalue weighted by Crippen LogP contribution is 2.25. The van der Waals surface area contributed by atoms with Gasteiger partial charge in [-0.3, -0.25) is 4.79 Å². The third kappa shape index (κ3) is 2.88. The Kier molecular flexibility index (Phi) is 3.59. The van der Waals surface area contributed by atoms with E-state index in [1.165, 1.54) is 5.56 Å². The predicted octanol–water partition coefficient (Wildman–Crippen LogP) is 2.94. The number of aromatic hydroxyl groups is 1. The summed E-state index contributed by atoms with van der Waals surface area (Å²) in [5.74, 6) is 0.187. The van der Waals surface area contributed by atoms with Gasteiger partial charge in [-0.1, -0.05) is 22.0 Å². The number of anilines is 1. The van der Waals surface area contributed by atoms with Crippen molar-refractivity contribution in [2.45, 2.75) is 13.0 Å². The first-order chi connectivity index (χ1) is 10.0. The topological polar surface area (TPSA) is 66.6 Å². The lowest BCUT2D eigenvalue weighted by Gasteiger charge is -2.29. The molecule has 1 aliphatic heterocycles. The van der Waals surface area contributed by atoms with Crippen molar-refractivity contribution < 1.29 is 9.90 Å². The number of nitrogens with two attached hydrogens (primary N) is 1. The van der Waals surface area contributed by atoms with Gasteiger partial charge >= 0.3 is 0 Å². The molecule has 4 nitrogen and oxygen atoms in total. The van der Waals surface area contributed by atoms with Crippen molar-refractivity contribution in [2.75, 3.05) is 12.3 Å². The number of phenolic OH excluding ortho intramolecular Hbond substituents is 1. The summed E-state index contributed by atoms with van der Waals surface area (Å²) < 4.78 is 0.793. The van der Waals surface area contributed by atoms with Gasteiger partial charge in [0.1, 0.15) is 5.75 Å². The van der Waals surface area contributed by atoms with Crippen molar-refractivity contribution >= 4 is 27.5 Å². The van der Waals surface area contributed by atoms with Crippen LogP contribution in [0.3, 0.4) is 0 Å². The fraction of sp³-hybridized carbons (Fsp3) is 0.188. The summed E-state index contributed by atoms with van der Waals surface area (Å²) in [6.07, 6.45) is 0.796. The van der Waals surface area contributed by atoms with Gasteiger partial charge in [0.2, 0.25) is 0 Å². The molecule has 21 heavy (non-hydrogen) atoms. The molecule has 0 spiro atoms. The zero-order valence-corrected chi connectivity index (χ0v) is 12.9. The van der Waals surface area contributed by atoms with E-state index in [0.717, 1.165) is 16.5 Å². The van der Waals surface area contributed by atoms with Crippen LogP contribution in [0.15, 0.2) is 40.9 Å². The van der Waals surface area contributed by atoms with E-state index in [0.29, 0.717) is 24.3 Å². The second kappa shape index (κ2) is 5.41. The fourth-order valence-electron chi connectivity index (χ4n) is 2.64. The van der Waals surface area contributed by atoms with Gasteiger partial charge in [0.15, 0.2) is 0 Å². The molecule has 3 rings (SSSR count). The number of amides is 1. The second-order valence-corrected chi connectivity index (χ2v) is 6.12. The highest BCUT2D eigenvalue weighted by molar-refractivity contribution is 9.10. The van der Waals surface area contributed by atoms with Crippen LogP contribution in [-0.2, 0) is 13.0 Å². The Bertz CT molecular complexity index is 695. The molecule has 0 aromatic heterocycles. The molecule has 0 fully saturated rings. The van der Waals surface area contributed by atoms with Crippen LogP contribution in [0, 0.1) is 0 Å². The summed E-state index contributed by atoms with van der Waals surface area (Å²) in [7, 11) is 0. The highest BCUT2D eigenvalue weighted by atomic mass is 79.9. The smallest absolute Gasteiger partial charge is 0.254 e. The Morgan fingerprint density at radius 2 is 2.00 bits per heavy atom. The average molecular weight is 347 g/mol. The third-order valence-corrected chi connectivity index (χ3v) is 4.11. The van der Waals surface area contributed by atoms with Gasteiger partial charge in [0, 0.05) is 28.8 Å². The summed E-state index contributed by atoms with van der Waals surface area (Å²) >= 11 is 3.36. The van der Waals surface area contributed by atoms with Gasteiger partial charge in [0.05, 0.1) is 0 Å². The molecule has 0 atom stereocenters. The number of rotatable bonds is 1. The summed E-state index contributed by atoms with van der Waals surface area (Å²) in [5, 5.41) is 9.58. The minimum Gasteiger partial charge on any atom is -0.508 e. The molecule has 0 aliphatic carbocycles. The minimum absolute atomic E-state index is 0.0445. The van der Waals surface area contributed by atoms with E-state index in [1.54, 1.807) is 35.2 Å². The molecule has 5 heteroatoms. The first-order valence-electron chi connectivity index (χ1n) is 6.69. The Morgan fingerprint density at radius 3 is 2.76 bits per heavy atom. The predicted molar refractivity (Wildman–Crippen MR) is 85.1 cm³/mol. The molecule has 0 saturated heterocycles. The van der Waals surface area contributed by atoms with Crippen molar-refractivity contribution in [2.24, 2.45) is 0 Å². The molecule has 1 heterocycles. The van der Waals surface area contributed by atoms with Crippen molar-refractivity contribution in [3.63, 3.8) is 0 Å². The van der Waals surface area contributed by atoms with Crippen LogP contribution in [0.5, 0.6) is 5.75 Å². The molecular formula is C16H15BrN2O2. The number of hydrogen-bond donors (Lipinski definition) is 2. The molecule has 108 valence electrons. The van der Waals surface area contributed by atoms with Gasteiger partial charge in [-0.15, -0.1) is 0 Å². The second-order valence-electron chi connectivity index (χ2n) is 5.20. The van der Waals surface area contributed by atoms with Crippen LogP contribution in [-0.4, -0.2) is 22.5 Å². The quantitative estimate of drug-likeness (QED) is 0.780. The van der Waals surface area contributed by atoms with E-state index in [2.05, 4.69) is 15.9 Å². The van der Waals surface area contributed by atoms with Crippen molar-refractivity contribution in [3.05, 3.63) is 57.6 Å². The molecule has 1 aliphatic rings. The van der Waals surface area contributed by atoms with Crippen molar-refractivity contribution in [1.82, 2.24) is 4.90 Å². The van der Waals surface area contributed by atoms with E-state index in [-0.39, 0.29) is 11.7 Å². The monoisotopic (exact) mass is 346 g/mol. The first-order valence-corrected chi connectivity index (χ1v) is 7.48. The fourth-order valence-corrected chi connectivity index (χ4v) is 3.15. The van der Waals surface area contributed by atoms with Crippen LogP contribution >= 0.6 is 15.9 Å². The Morgan fingerprint density at radius 1 is 1.19 bits per heavy atom. The standard InChI is InChI=1S/C16H15BrN2O2/c17-13-5-11(6-14(18)8-13)16(21)19-4-3-10-1-2-15(20)7-12(10)9-19/h1-2,5-8,20H,3-4,9,18H2. The summed E-state index contributed by atoms with van der Waals surface area (Å²) in [4.78, 5) is 14.4. The molecule has 0 saturated carbocycles. The van der Waals surface area contributed by atoms with E-state index in [4.69, 9.17) is 5.73 Å². The lowest BCUT2D eigenvalue weighted by atomic mass is 9.99. The summed E-state index contributed by atoms with van der Waals surface area (Å²) in [6, 6.07) is 10.6. The molecule has 1 amide bonds. The number of phenols is 1. The normalized spacial score (nSPS) is 13.9. The van der Waals surface area contributed by atoms with E-state index in [9.17, 15) is 9.90 Å². The van der Waals surface area contributed by atoms with E-state index in [1.807, 2.05) is 6.07 Å². The van der Waals surface area contributed by atoms with Crippen LogP contribution in [0.4, 0.5) is 5.69 Å². The van der Waals surface area contributed by atoms with Gasteiger partial charge in [-0.05, 0) is 47.9 Å². The number of hydrogen-bond acceptors (Lipinski definition) is 3. The summed E-state index contributed by atoms with van der Waals surface area (Å²) in [6.45, 7) is 1.18. The average Bonchev–Trinajstić information content (AvgIpc) is 2.44. The van der Waals surface area contributed by atoms with Crippen molar-refractivity contribution in [1.29, 1.82) is 0 Å². The van der Waals surface area contributed by atoms with E-state index >= 15 is 0 Å². The van der Waals surface area contributed by atoms with Crippen LogP contribution in [0.2, 0.25) is 0 Å². The van der Waals surface area contributed by atoms with Crippen molar-refractivity contribution in [3.8, 4) is 5.75 Å². The van der Waals surface area contributed by atoms with Gasteiger partial charge in [-0.2, -0.15) is 0 Å². The highest BCUT2D eigenvalue weighted by Gasteiger charge is 2.22. The van der Waals surface area contributed by atoms with Crippen LogP contribution < -0.4 is 5.73 Å². The van der Waals surface area contributed by atoms with Crippen LogP contribution in [0.25, 0.3) is 0 Å². The molecular weight excluding hydrogens is 332 g/mol.